The number of nitrogens with one attached hydrogen (secondary N) is 1. The van der Waals surface area contributed by atoms with Crippen LogP contribution in [0, 0.1) is 0 Å². The topological polar surface area (TPSA) is 49.4 Å². The molecule has 128 valence electrons. The van der Waals surface area contributed by atoms with Gasteiger partial charge < -0.3 is 10.2 Å². The van der Waals surface area contributed by atoms with Crippen molar-refractivity contribution in [1.82, 2.24) is 10.2 Å². The number of amides is 2. The van der Waals surface area contributed by atoms with E-state index in [9.17, 15) is 9.59 Å². The first-order chi connectivity index (χ1) is 10.9. The van der Waals surface area contributed by atoms with E-state index in [-0.39, 0.29) is 17.9 Å². The molecule has 23 heavy (non-hydrogen) atoms. The van der Waals surface area contributed by atoms with Crippen molar-refractivity contribution in [2.24, 2.45) is 0 Å². The van der Waals surface area contributed by atoms with Crippen LogP contribution in [-0.4, -0.2) is 28.8 Å². The second-order valence-corrected chi connectivity index (χ2v) is 6.12. The van der Waals surface area contributed by atoms with Crippen molar-refractivity contribution in [3.8, 4) is 0 Å². The summed E-state index contributed by atoms with van der Waals surface area (Å²) in [6.45, 7) is 8.05. The molecule has 0 aliphatic heterocycles. The zero-order valence-electron chi connectivity index (χ0n) is 14.4. The van der Waals surface area contributed by atoms with Crippen LogP contribution in [0.2, 0.25) is 5.02 Å². The third-order valence-corrected chi connectivity index (χ3v) is 4.36. The Morgan fingerprint density at radius 1 is 1.17 bits per heavy atom. The van der Waals surface area contributed by atoms with Gasteiger partial charge in [-0.15, -0.1) is 0 Å². The van der Waals surface area contributed by atoms with E-state index in [1.165, 1.54) is 0 Å². The van der Waals surface area contributed by atoms with Crippen LogP contribution < -0.4 is 5.32 Å². The van der Waals surface area contributed by atoms with E-state index in [2.05, 4.69) is 5.32 Å². The van der Waals surface area contributed by atoms with E-state index in [0.717, 1.165) is 12.0 Å². The Morgan fingerprint density at radius 3 is 2.35 bits per heavy atom. The van der Waals surface area contributed by atoms with Crippen molar-refractivity contribution in [2.75, 3.05) is 0 Å². The maximum atomic E-state index is 12.5. The summed E-state index contributed by atoms with van der Waals surface area (Å²) in [4.78, 5) is 26.6. The van der Waals surface area contributed by atoms with Crippen LogP contribution in [-0.2, 0) is 16.1 Å². The number of hydrogen-bond donors (Lipinski definition) is 1. The van der Waals surface area contributed by atoms with Gasteiger partial charge in [-0.1, -0.05) is 50.6 Å². The van der Waals surface area contributed by atoms with Gasteiger partial charge >= 0.3 is 0 Å². The molecule has 1 N–H and O–H groups in total. The summed E-state index contributed by atoms with van der Waals surface area (Å²) >= 11 is 6.21. The first-order valence-corrected chi connectivity index (χ1v) is 8.65. The average Bonchev–Trinajstić information content (AvgIpc) is 2.55. The highest BCUT2D eigenvalue weighted by atomic mass is 35.5. The normalized spacial score (nSPS) is 13.3. The lowest BCUT2D eigenvalue weighted by Crippen LogP contribution is -2.50. The van der Waals surface area contributed by atoms with Crippen LogP contribution in [0.1, 0.15) is 52.5 Å². The molecule has 1 aromatic rings. The van der Waals surface area contributed by atoms with E-state index in [1.807, 2.05) is 39.0 Å². The fourth-order valence-corrected chi connectivity index (χ4v) is 2.57. The molecule has 0 aliphatic carbocycles. The fourth-order valence-electron chi connectivity index (χ4n) is 2.37. The van der Waals surface area contributed by atoms with Crippen molar-refractivity contribution in [1.29, 1.82) is 0 Å². The Hall–Kier alpha value is -1.55. The van der Waals surface area contributed by atoms with Gasteiger partial charge in [-0.05, 0) is 31.4 Å². The minimum atomic E-state index is -0.479. The first-order valence-electron chi connectivity index (χ1n) is 8.27. The van der Waals surface area contributed by atoms with Crippen molar-refractivity contribution in [2.45, 2.75) is 65.6 Å². The van der Waals surface area contributed by atoms with Crippen molar-refractivity contribution in [3.05, 3.63) is 34.9 Å². The summed E-state index contributed by atoms with van der Waals surface area (Å²) in [5.74, 6) is -0.147. The first kappa shape index (κ1) is 19.5. The molecule has 2 amide bonds. The molecule has 1 rings (SSSR count). The predicted molar refractivity (Wildman–Crippen MR) is 94.3 cm³/mol. The minimum absolute atomic E-state index is 0.0453. The molecule has 1 aromatic carbocycles. The summed E-state index contributed by atoms with van der Waals surface area (Å²) in [6.07, 6.45) is 1.78. The van der Waals surface area contributed by atoms with Gasteiger partial charge in [0.2, 0.25) is 11.8 Å². The quantitative estimate of drug-likeness (QED) is 0.784. The summed E-state index contributed by atoms with van der Waals surface area (Å²) in [6, 6.07) is 7.03. The second-order valence-electron chi connectivity index (χ2n) is 5.71. The number of nitrogens with zero attached hydrogens (tertiary/aromatic N) is 1. The maximum absolute atomic E-state index is 12.5. The standard InChI is InChI=1S/C18H27ClN2O2/c1-5-13(4)20-18(23)16(6-2)21(17(22)7-3)12-14-10-8-9-11-15(14)19/h8-11,13,16H,5-7,12H2,1-4H3,(H,20,23)/t13-,16+/m1/s1. The molecule has 0 bridgehead atoms. The zero-order valence-corrected chi connectivity index (χ0v) is 15.2. The zero-order chi connectivity index (χ0) is 17.4. The molecule has 0 saturated heterocycles. The van der Waals surface area contributed by atoms with E-state index in [4.69, 9.17) is 11.6 Å². The van der Waals surface area contributed by atoms with Gasteiger partial charge in [0.15, 0.2) is 0 Å². The van der Waals surface area contributed by atoms with E-state index in [1.54, 1.807) is 17.9 Å². The Morgan fingerprint density at radius 2 is 1.83 bits per heavy atom. The van der Waals surface area contributed by atoms with Crippen LogP contribution in [0.3, 0.4) is 0 Å². The van der Waals surface area contributed by atoms with Crippen molar-refractivity contribution >= 4 is 23.4 Å². The van der Waals surface area contributed by atoms with Crippen molar-refractivity contribution < 1.29 is 9.59 Å². The summed E-state index contributed by atoms with van der Waals surface area (Å²) in [5, 5.41) is 3.58. The van der Waals surface area contributed by atoms with Crippen LogP contribution in [0.5, 0.6) is 0 Å². The summed E-state index contributed by atoms with van der Waals surface area (Å²) in [7, 11) is 0. The number of halogens is 1. The van der Waals surface area contributed by atoms with E-state index < -0.39 is 6.04 Å². The molecule has 0 fully saturated rings. The Kier molecular flexibility index (Phi) is 8.10. The average molecular weight is 339 g/mol. The molecule has 0 aliphatic rings. The third kappa shape index (κ3) is 5.54. The number of hydrogen-bond acceptors (Lipinski definition) is 2. The summed E-state index contributed by atoms with van der Waals surface area (Å²) in [5.41, 5.74) is 0.853. The van der Waals surface area contributed by atoms with Gasteiger partial charge in [0, 0.05) is 24.0 Å². The molecule has 0 radical (unpaired) electrons. The van der Waals surface area contributed by atoms with Gasteiger partial charge in [0.25, 0.3) is 0 Å². The van der Waals surface area contributed by atoms with Crippen LogP contribution >= 0.6 is 11.6 Å². The molecule has 0 aromatic heterocycles. The minimum Gasteiger partial charge on any atom is -0.352 e. The lowest BCUT2D eigenvalue weighted by molar-refractivity contribution is -0.141. The molecule has 0 spiro atoms. The Labute approximate surface area is 144 Å². The van der Waals surface area contributed by atoms with Crippen LogP contribution in [0.4, 0.5) is 0 Å². The van der Waals surface area contributed by atoms with Gasteiger partial charge in [-0.3, -0.25) is 9.59 Å². The van der Waals surface area contributed by atoms with Crippen LogP contribution in [0.15, 0.2) is 24.3 Å². The highest BCUT2D eigenvalue weighted by Gasteiger charge is 2.28. The number of benzene rings is 1. The third-order valence-electron chi connectivity index (χ3n) is 3.99. The second kappa shape index (κ2) is 9.56. The molecule has 0 unspecified atom stereocenters. The van der Waals surface area contributed by atoms with Gasteiger partial charge in [0.1, 0.15) is 6.04 Å². The smallest absolute Gasteiger partial charge is 0.243 e. The highest BCUT2D eigenvalue weighted by molar-refractivity contribution is 6.31. The predicted octanol–water partition coefficient (Wildman–Crippen LogP) is 3.77. The Balaban J connectivity index is 3.01. The van der Waals surface area contributed by atoms with Crippen molar-refractivity contribution in [3.63, 3.8) is 0 Å². The van der Waals surface area contributed by atoms with Gasteiger partial charge in [0.05, 0.1) is 0 Å². The maximum Gasteiger partial charge on any atom is 0.243 e. The number of carbonyl (C=O) groups is 2. The van der Waals surface area contributed by atoms with E-state index >= 15 is 0 Å². The molecule has 4 nitrogen and oxygen atoms in total. The molecular formula is C18H27ClN2O2. The van der Waals surface area contributed by atoms with E-state index in [0.29, 0.717) is 24.4 Å². The lowest BCUT2D eigenvalue weighted by Gasteiger charge is -2.31. The fraction of sp³-hybridized carbons (Fsp3) is 0.556. The highest BCUT2D eigenvalue weighted by Crippen LogP contribution is 2.20. The monoisotopic (exact) mass is 338 g/mol. The SMILES string of the molecule is CCC(=O)N(Cc1ccccc1Cl)[C@@H](CC)C(=O)N[C@H](C)CC. The number of rotatable bonds is 8. The van der Waals surface area contributed by atoms with Crippen LogP contribution in [0.25, 0.3) is 0 Å². The largest absolute Gasteiger partial charge is 0.352 e. The molecule has 0 saturated carbocycles. The molecule has 5 heteroatoms. The Bertz CT molecular complexity index is 534. The number of carbonyl (C=O) groups excluding carboxylic acids is 2. The molecule has 2 atom stereocenters. The van der Waals surface area contributed by atoms with Gasteiger partial charge in [-0.25, -0.2) is 0 Å². The molecule has 0 heterocycles. The molecular weight excluding hydrogens is 312 g/mol. The lowest BCUT2D eigenvalue weighted by atomic mass is 10.1. The van der Waals surface area contributed by atoms with Gasteiger partial charge in [-0.2, -0.15) is 0 Å². The summed E-state index contributed by atoms with van der Waals surface area (Å²) < 4.78 is 0.